The standard InChI is InChI=1S/C32H32O18S/c1-42-16-6-11(7-17(43-2)21(16)33)30(37)13-9-15-14(44-10-45-15)8-12(13)24(19-20(30)27(36)49-31(19,38)39)46-29-23(35)22(34)25-26(48-29)32(40,41)50-28(47-25)18-4-3-5-51-18/h3-9,19-20,22-26,28-29,33-35,37-41H,10H2,1-2H3. The molecular weight excluding hydrogens is 704 g/mol. The van der Waals surface area contributed by atoms with Crippen LogP contribution in [-0.4, -0.2) is 110 Å². The first-order valence-corrected chi connectivity index (χ1v) is 16.4. The van der Waals surface area contributed by atoms with E-state index in [0.29, 0.717) is 4.88 Å². The molecular formula is C32H32O18S. The van der Waals surface area contributed by atoms with Gasteiger partial charge in [-0.15, -0.1) is 11.3 Å². The number of thiophene rings is 1. The fourth-order valence-electron chi connectivity index (χ4n) is 7.43. The Kier molecular flexibility index (Phi) is 7.96. The van der Waals surface area contributed by atoms with Gasteiger partial charge in [-0.05, 0) is 52.4 Å². The number of hydrogen-bond acceptors (Lipinski definition) is 19. The van der Waals surface area contributed by atoms with Crippen molar-refractivity contribution in [1.29, 1.82) is 0 Å². The van der Waals surface area contributed by atoms with Gasteiger partial charge in [0.15, 0.2) is 41.7 Å². The monoisotopic (exact) mass is 736 g/mol. The number of aromatic hydroxyl groups is 1. The summed E-state index contributed by atoms with van der Waals surface area (Å²) in [7, 11) is 2.48. The first kappa shape index (κ1) is 34.3. The van der Waals surface area contributed by atoms with Gasteiger partial charge in [-0.3, -0.25) is 9.53 Å². The van der Waals surface area contributed by atoms with Gasteiger partial charge in [0.05, 0.1) is 25.2 Å². The van der Waals surface area contributed by atoms with Gasteiger partial charge in [0.25, 0.3) is 0 Å². The third-order valence-corrected chi connectivity index (χ3v) is 10.7. The van der Waals surface area contributed by atoms with Crippen molar-refractivity contribution in [3.8, 4) is 28.7 Å². The number of methoxy groups -OCH3 is 2. The summed E-state index contributed by atoms with van der Waals surface area (Å²) in [6.07, 6.45) is -12.4. The van der Waals surface area contributed by atoms with E-state index in [1.807, 2.05) is 0 Å². The predicted molar refractivity (Wildman–Crippen MR) is 162 cm³/mol. The third-order valence-electron chi connectivity index (χ3n) is 9.79. The molecule has 2 aromatic carbocycles. The number of esters is 1. The van der Waals surface area contributed by atoms with Crippen molar-refractivity contribution in [3.05, 3.63) is 63.3 Å². The summed E-state index contributed by atoms with van der Waals surface area (Å²) >= 11 is 1.17. The van der Waals surface area contributed by atoms with Crippen LogP contribution in [0, 0.1) is 11.8 Å². The van der Waals surface area contributed by atoms with Gasteiger partial charge in [0, 0.05) is 0 Å². The van der Waals surface area contributed by atoms with E-state index in [1.54, 1.807) is 17.5 Å². The molecule has 51 heavy (non-hydrogen) atoms. The van der Waals surface area contributed by atoms with Crippen molar-refractivity contribution < 1.29 is 88.3 Å². The zero-order valence-electron chi connectivity index (χ0n) is 26.5. The van der Waals surface area contributed by atoms with E-state index in [4.69, 9.17) is 42.6 Å². The van der Waals surface area contributed by atoms with E-state index in [1.165, 1.54) is 49.8 Å². The lowest BCUT2D eigenvalue weighted by atomic mass is 9.62. The maximum absolute atomic E-state index is 13.6. The molecule has 5 heterocycles. The Morgan fingerprint density at radius 3 is 2.24 bits per heavy atom. The molecule has 10 unspecified atom stereocenters. The lowest BCUT2D eigenvalue weighted by molar-refractivity contribution is -0.503. The second kappa shape index (κ2) is 11.8. The minimum Gasteiger partial charge on any atom is -0.502 e. The summed E-state index contributed by atoms with van der Waals surface area (Å²) in [5.41, 5.74) is -2.79. The van der Waals surface area contributed by atoms with E-state index >= 15 is 0 Å². The molecule has 3 saturated heterocycles. The second-order valence-corrected chi connectivity index (χ2v) is 13.5. The Balaban J connectivity index is 1.24. The lowest BCUT2D eigenvalue weighted by Crippen LogP contribution is -2.69. The Morgan fingerprint density at radius 2 is 1.59 bits per heavy atom. The Hall–Kier alpha value is -3.83. The lowest BCUT2D eigenvalue weighted by Gasteiger charge is -2.51. The highest BCUT2D eigenvalue weighted by Gasteiger charge is 2.70. The van der Waals surface area contributed by atoms with Crippen LogP contribution in [0.4, 0.5) is 0 Å². The van der Waals surface area contributed by atoms with Crippen LogP contribution in [0.2, 0.25) is 0 Å². The van der Waals surface area contributed by atoms with Crippen LogP contribution in [0.15, 0.2) is 41.8 Å². The van der Waals surface area contributed by atoms with Crippen molar-refractivity contribution in [2.45, 2.75) is 60.6 Å². The highest BCUT2D eigenvalue weighted by molar-refractivity contribution is 7.10. The third kappa shape index (κ3) is 5.08. The molecule has 1 aromatic heterocycles. The fourth-order valence-corrected chi connectivity index (χ4v) is 8.12. The van der Waals surface area contributed by atoms with Gasteiger partial charge in [-0.25, -0.2) is 0 Å². The Bertz CT molecular complexity index is 1820. The van der Waals surface area contributed by atoms with Crippen molar-refractivity contribution in [3.63, 3.8) is 0 Å². The molecule has 10 atom stereocenters. The summed E-state index contributed by atoms with van der Waals surface area (Å²) in [4.78, 5) is 14.1. The molecule has 0 bridgehead atoms. The topological polar surface area (TPSA) is 262 Å². The van der Waals surface area contributed by atoms with Crippen molar-refractivity contribution >= 4 is 17.3 Å². The quantitative estimate of drug-likeness (QED) is 0.113. The Labute approximate surface area is 291 Å². The number of hydrogen-bond donors (Lipinski definition) is 8. The number of benzene rings is 2. The van der Waals surface area contributed by atoms with Crippen molar-refractivity contribution in [2.75, 3.05) is 21.0 Å². The summed E-state index contributed by atoms with van der Waals surface area (Å²) < 4.78 is 49.7. The number of ether oxygens (including phenoxy) is 9. The maximum Gasteiger partial charge on any atom is 0.331 e. The molecule has 0 saturated carbocycles. The van der Waals surface area contributed by atoms with Crippen LogP contribution in [0.3, 0.4) is 0 Å². The van der Waals surface area contributed by atoms with Gasteiger partial charge >= 0.3 is 17.9 Å². The van der Waals surface area contributed by atoms with Crippen molar-refractivity contribution in [1.82, 2.24) is 0 Å². The van der Waals surface area contributed by atoms with Crippen LogP contribution >= 0.6 is 11.3 Å². The summed E-state index contributed by atoms with van der Waals surface area (Å²) in [6.45, 7) is -0.233. The fraction of sp³-hybridized carbons (Fsp3) is 0.469. The molecule has 1 aliphatic carbocycles. The minimum atomic E-state index is -3.33. The van der Waals surface area contributed by atoms with Gasteiger partial charge in [-0.1, -0.05) is 6.07 Å². The average molecular weight is 737 g/mol. The number of fused-ring (bicyclic) bond motifs is 4. The number of carbonyl (C=O) groups excluding carboxylic acids is 1. The molecule has 3 fully saturated rings. The number of aliphatic hydroxyl groups is 7. The van der Waals surface area contributed by atoms with Crippen molar-refractivity contribution in [2.24, 2.45) is 11.8 Å². The molecule has 8 N–H and O–H groups in total. The Morgan fingerprint density at radius 1 is 0.902 bits per heavy atom. The molecule has 274 valence electrons. The second-order valence-electron chi connectivity index (χ2n) is 12.6. The number of phenolic OH excluding ortho intramolecular Hbond substituents is 1. The van der Waals surface area contributed by atoms with E-state index in [2.05, 4.69) is 0 Å². The highest BCUT2D eigenvalue weighted by Crippen LogP contribution is 2.61. The zero-order chi connectivity index (χ0) is 36.2. The smallest absolute Gasteiger partial charge is 0.331 e. The van der Waals surface area contributed by atoms with E-state index in [0.717, 1.165) is 0 Å². The average Bonchev–Trinajstić information content (AvgIpc) is 3.84. The number of aliphatic hydroxyl groups excluding tert-OH is 2. The SMILES string of the molecule is COc1cc(C2(O)c3cc4c(cc3C(OC3OC5C(OC(c6cccs6)OC5(O)O)C(O)C3O)C3C2C(=O)OC3(O)O)OCO4)cc(OC)c1O. The van der Waals surface area contributed by atoms with E-state index < -0.39 is 84.2 Å². The predicted octanol–water partition coefficient (Wildman–Crippen LogP) is -0.866. The van der Waals surface area contributed by atoms with Gasteiger partial charge in [-0.2, -0.15) is 0 Å². The maximum atomic E-state index is 13.6. The molecule has 5 aliphatic rings. The molecule has 18 nitrogen and oxygen atoms in total. The van der Waals surface area contributed by atoms with E-state index in [-0.39, 0.29) is 46.5 Å². The minimum absolute atomic E-state index is 0.0552. The molecule has 0 amide bonds. The van der Waals surface area contributed by atoms with Gasteiger partial charge < -0.3 is 78.7 Å². The summed E-state index contributed by atoms with van der Waals surface area (Å²) in [5.74, 6) is -12.1. The molecule has 4 aliphatic heterocycles. The molecule has 3 aromatic rings. The number of phenols is 1. The largest absolute Gasteiger partial charge is 0.502 e. The van der Waals surface area contributed by atoms with Crippen LogP contribution in [0.25, 0.3) is 0 Å². The van der Waals surface area contributed by atoms with Crippen LogP contribution in [-0.2, 0) is 34.1 Å². The highest BCUT2D eigenvalue weighted by atomic mass is 32.1. The number of rotatable bonds is 6. The summed E-state index contributed by atoms with van der Waals surface area (Å²) in [6, 6.07) is 8.36. The molecule has 0 radical (unpaired) electrons. The normalized spacial score (nSPS) is 35.7. The van der Waals surface area contributed by atoms with Gasteiger partial charge in [0.2, 0.25) is 12.5 Å². The van der Waals surface area contributed by atoms with Gasteiger partial charge in [0.1, 0.15) is 35.7 Å². The van der Waals surface area contributed by atoms with Crippen LogP contribution in [0.5, 0.6) is 28.7 Å². The first-order valence-electron chi connectivity index (χ1n) is 15.5. The van der Waals surface area contributed by atoms with Crippen LogP contribution in [0.1, 0.15) is 34.0 Å². The van der Waals surface area contributed by atoms with Crippen LogP contribution < -0.4 is 18.9 Å². The molecule has 0 spiro atoms. The summed E-state index contributed by atoms with van der Waals surface area (Å²) in [5, 5.41) is 91.9. The zero-order valence-corrected chi connectivity index (χ0v) is 27.3. The number of carbonyl (C=O) groups is 1. The molecule has 19 heteroatoms. The molecule has 8 rings (SSSR count). The number of cyclic esters (lactones) is 1. The van der Waals surface area contributed by atoms with E-state index in [9.17, 15) is 45.6 Å². The first-order chi connectivity index (χ1) is 24.2.